The van der Waals surface area contributed by atoms with Gasteiger partial charge in [0.1, 0.15) is 0 Å². The Morgan fingerprint density at radius 3 is 0.200 bits per heavy atom. The Bertz CT molecular complexity index is 4.69. The second-order valence-electron chi connectivity index (χ2n) is 0. The van der Waals surface area contributed by atoms with Gasteiger partial charge in [0.15, 0.2) is 0 Å². The van der Waals surface area contributed by atoms with E-state index in [0.29, 0.717) is 0 Å². The third-order valence-corrected chi connectivity index (χ3v) is 0. The Morgan fingerprint density at radius 2 is 0.200 bits per heavy atom. The van der Waals surface area contributed by atoms with Gasteiger partial charge < -0.3 is 49.3 Å². The quantitative estimate of drug-likeness (QED) is 0.370. The zero-order chi connectivity index (χ0) is 0. The molecule has 10 heteroatoms. The summed E-state index contributed by atoms with van der Waals surface area (Å²) in [6.45, 7) is 0. The van der Waals surface area contributed by atoms with Crippen molar-refractivity contribution in [1.29, 1.82) is 0 Å². The Labute approximate surface area is 72.3 Å². The largest absolute Gasteiger partial charge is 0.412 e. The zero-order valence-electron chi connectivity index (χ0n) is 4.80. The molecular formula is H18AgO9. The van der Waals surface area contributed by atoms with E-state index in [9.17, 15) is 0 Å². The summed E-state index contributed by atoms with van der Waals surface area (Å²) in [5.74, 6) is 0. The van der Waals surface area contributed by atoms with Crippen molar-refractivity contribution in [2.75, 3.05) is 0 Å². The smallest absolute Gasteiger partial charge is 0 e. The van der Waals surface area contributed by atoms with E-state index in [2.05, 4.69) is 0 Å². The van der Waals surface area contributed by atoms with Gasteiger partial charge >= 0.3 is 0 Å². The predicted molar refractivity (Wildman–Crippen MR) is 32.5 cm³/mol. The molecule has 0 aromatic rings. The Morgan fingerprint density at radius 1 is 0.200 bits per heavy atom. The first-order valence-electron chi connectivity index (χ1n) is 0. The average molecular weight is 270 g/mol. The van der Waals surface area contributed by atoms with Crippen molar-refractivity contribution < 1.29 is 71.7 Å². The van der Waals surface area contributed by atoms with Crippen LogP contribution in [0.2, 0.25) is 0 Å². The third kappa shape index (κ3) is 3160. The minimum absolute atomic E-state index is 0. The van der Waals surface area contributed by atoms with Crippen LogP contribution in [0.1, 0.15) is 0 Å². The van der Waals surface area contributed by atoms with E-state index in [1.807, 2.05) is 0 Å². The number of rotatable bonds is 0. The summed E-state index contributed by atoms with van der Waals surface area (Å²) in [6.07, 6.45) is 0. The van der Waals surface area contributed by atoms with Gasteiger partial charge in [0.05, 0.1) is 0 Å². The van der Waals surface area contributed by atoms with Gasteiger partial charge in [0.25, 0.3) is 0 Å². The Hall–Kier alpha value is 0.380. The second-order valence-corrected chi connectivity index (χ2v) is 0. The van der Waals surface area contributed by atoms with Gasteiger partial charge in [-0.05, 0) is 0 Å². The summed E-state index contributed by atoms with van der Waals surface area (Å²) >= 11 is 0. The fraction of sp³-hybridized carbons (Fsp3) is 0. The summed E-state index contributed by atoms with van der Waals surface area (Å²) in [5.41, 5.74) is 0. The van der Waals surface area contributed by atoms with Crippen LogP contribution in [0, 0.1) is 0 Å². The molecule has 0 saturated heterocycles. The van der Waals surface area contributed by atoms with Crippen molar-refractivity contribution in [3.63, 3.8) is 0 Å². The summed E-state index contributed by atoms with van der Waals surface area (Å²) in [7, 11) is 0. The van der Waals surface area contributed by atoms with E-state index in [0.717, 1.165) is 0 Å². The van der Waals surface area contributed by atoms with Crippen LogP contribution in [0.3, 0.4) is 0 Å². The van der Waals surface area contributed by atoms with Gasteiger partial charge in [-0.3, -0.25) is 0 Å². The molecule has 9 nitrogen and oxygen atoms in total. The molecule has 0 amide bonds. The van der Waals surface area contributed by atoms with Gasteiger partial charge in [0, 0.05) is 22.4 Å². The minimum atomic E-state index is 0. The van der Waals surface area contributed by atoms with Crippen LogP contribution in [0.4, 0.5) is 0 Å². The molecule has 0 spiro atoms. The van der Waals surface area contributed by atoms with Crippen molar-refractivity contribution in [3.05, 3.63) is 0 Å². The van der Waals surface area contributed by atoms with E-state index in [1.54, 1.807) is 0 Å². The predicted octanol–water partition coefficient (Wildman–Crippen LogP) is -7.42. The molecular weight excluding hydrogens is 252 g/mol. The number of hydrogen-bond donors (Lipinski definition) is 0. The normalized spacial score (nSPS) is 0. The molecule has 0 saturated carbocycles. The molecule has 18 N–H and O–H groups in total. The molecule has 0 unspecified atom stereocenters. The molecule has 0 bridgehead atoms. The third-order valence-electron chi connectivity index (χ3n) is 0. The summed E-state index contributed by atoms with van der Waals surface area (Å²) in [4.78, 5) is 0. The first-order valence-corrected chi connectivity index (χ1v) is 0. The molecule has 83 valence electrons. The Balaban J connectivity index is 0. The molecule has 0 heterocycles. The van der Waals surface area contributed by atoms with Crippen molar-refractivity contribution in [3.8, 4) is 0 Å². The minimum Gasteiger partial charge on any atom is -0.412 e. The fourth-order valence-corrected chi connectivity index (χ4v) is 0. The van der Waals surface area contributed by atoms with Crippen LogP contribution in [0.15, 0.2) is 0 Å². The monoisotopic (exact) mass is 269 g/mol. The van der Waals surface area contributed by atoms with E-state index in [-0.39, 0.29) is 71.7 Å². The average Bonchev–Trinajstić information content (AvgIpc) is 0. The first kappa shape index (κ1) is 6320. The molecule has 0 aliphatic carbocycles. The zero-order valence-corrected chi connectivity index (χ0v) is 6.28. The van der Waals surface area contributed by atoms with Gasteiger partial charge in [0.2, 0.25) is 0 Å². The Kier molecular flexibility index (Phi) is 2880000. The van der Waals surface area contributed by atoms with Crippen LogP contribution in [0.25, 0.3) is 0 Å². The van der Waals surface area contributed by atoms with Crippen molar-refractivity contribution in [1.82, 2.24) is 0 Å². The molecule has 0 rings (SSSR count). The summed E-state index contributed by atoms with van der Waals surface area (Å²) < 4.78 is 0. The fourth-order valence-electron chi connectivity index (χ4n) is 0. The van der Waals surface area contributed by atoms with Crippen LogP contribution in [0.5, 0.6) is 0 Å². The SMILES string of the molecule is O.O.O.O.O.O.O.O.O.[Ag]. The van der Waals surface area contributed by atoms with Crippen molar-refractivity contribution in [2.45, 2.75) is 0 Å². The molecule has 0 aromatic heterocycles. The maximum atomic E-state index is 0. The van der Waals surface area contributed by atoms with E-state index in [4.69, 9.17) is 0 Å². The van der Waals surface area contributed by atoms with Gasteiger partial charge in [-0.1, -0.05) is 0 Å². The van der Waals surface area contributed by atoms with Crippen LogP contribution in [-0.2, 0) is 22.4 Å². The van der Waals surface area contributed by atoms with Crippen LogP contribution < -0.4 is 0 Å². The van der Waals surface area contributed by atoms with Gasteiger partial charge in [-0.15, -0.1) is 0 Å². The molecule has 0 aromatic carbocycles. The van der Waals surface area contributed by atoms with Gasteiger partial charge in [-0.25, -0.2) is 0 Å². The maximum absolute atomic E-state index is 0. The molecule has 0 fully saturated rings. The summed E-state index contributed by atoms with van der Waals surface area (Å²) in [6, 6.07) is 0. The molecule has 1 radical (unpaired) electrons. The molecule has 0 aliphatic rings. The van der Waals surface area contributed by atoms with Crippen molar-refractivity contribution in [2.24, 2.45) is 0 Å². The van der Waals surface area contributed by atoms with Gasteiger partial charge in [-0.2, -0.15) is 0 Å². The van der Waals surface area contributed by atoms with Crippen LogP contribution in [-0.4, -0.2) is 49.3 Å². The molecule has 0 atom stereocenters. The van der Waals surface area contributed by atoms with E-state index < -0.39 is 0 Å². The first-order chi connectivity index (χ1) is 0. The van der Waals surface area contributed by atoms with Crippen molar-refractivity contribution >= 4 is 0 Å². The summed E-state index contributed by atoms with van der Waals surface area (Å²) in [5, 5.41) is 0. The maximum Gasteiger partial charge on any atom is 0 e. The van der Waals surface area contributed by atoms with E-state index in [1.165, 1.54) is 0 Å². The van der Waals surface area contributed by atoms with Crippen LogP contribution >= 0.6 is 0 Å². The van der Waals surface area contributed by atoms with E-state index >= 15 is 0 Å². The topological polar surface area (TPSA) is 284 Å². The number of hydrogen-bond acceptors (Lipinski definition) is 0. The molecule has 0 aliphatic heterocycles. The second kappa shape index (κ2) is 4560. The molecule has 10 heavy (non-hydrogen) atoms. The standard InChI is InChI=1S/Ag.9H2O/h;9*1H2.